The molecule has 3 aromatic carbocycles. The van der Waals surface area contributed by atoms with Crippen LogP contribution in [0.4, 0.5) is 0 Å². The number of ether oxygens (including phenoxy) is 4. The Labute approximate surface area is 292 Å². The number of aromatic nitrogens is 1. The van der Waals surface area contributed by atoms with Gasteiger partial charge in [0.25, 0.3) is 5.91 Å². The second kappa shape index (κ2) is 14.1. The van der Waals surface area contributed by atoms with E-state index in [1.807, 2.05) is 24.3 Å². The maximum atomic E-state index is 13.8. The number of esters is 1. The minimum absolute atomic E-state index is 0.0343. The van der Waals surface area contributed by atoms with Gasteiger partial charge in [0.2, 0.25) is 0 Å². The summed E-state index contributed by atoms with van der Waals surface area (Å²) in [6.07, 6.45) is 5.84. The number of rotatable bonds is 10. The highest BCUT2D eigenvalue weighted by molar-refractivity contribution is 6.03. The fraction of sp³-hybridized carbons (Fsp3) is 0.425. The van der Waals surface area contributed by atoms with Crippen LogP contribution in [0.2, 0.25) is 0 Å². The van der Waals surface area contributed by atoms with Gasteiger partial charge in [-0.25, -0.2) is 9.59 Å². The first-order chi connectivity index (χ1) is 23.8. The standard InChI is InChI=1S/C40H46N2O8/c1-39(2,3)50-34(43)24-49-28-14-11-25(12-15-28)23-40(4,38(45)46)41-37(44)27-13-17-30-32(21-27)42-19-20-48-33-22-29(47-5)16-18-31(33)36(42)35(30)26-9-7-6-8-10-26/h11-18,21-22,26H,6-10,19-20,23-24H2,1-5H3,(H,41,44)(H,45,46)/t40-/m0/s1. The summed E-state index contributed by atoms with van der Waals surface area (Å²) >= 11 is 0. The highest BCUT2D eigenvalue weighted by atomic mass is 16.6. The Morgan fingerprint density at radius 1 is 0.940 bits per heavy atom. The van der Waals surface area contributed by atoms with Crippen LogP contribution in [0.1, 0.15) is 87.2 Å². The Balaban J connectivity index is 1.27. The fourth-order valence-corrected chi connectivity index (χ4v) is 7.16. The van der Waals surface area contributed by atoms with Crippen molar-refractivity contribution in [3.05, 3.63) is 77.4 Å². The van der Waals surface area contributed by atoms with Crippen molar-refractivity contribution in [1.82, 2.24) is 9.88 Å². The Kier molecular flexibility index (Phi) is 9.82. The molecular weight excluding hydrogens is 636 g/mol. The number of carboxylic acids is 1. The number of benzene rings is 3. The van der Waals surface area contributed by atoms with Crippen molar-refractivity contribution in [2.75, 3.05) is 20.3 Å². The summed E-state index contributed by atoms with van der Waals surface area (Å²) in [5.41, 5.74) is 3.19. The van der Waals surface area contributed by atoms with Crippen LogP contribution in [-0.2, 0) is 27.3 Å². The zero-order chi connectivity index (χ0) is 35.6. The number of carbonyl (C=O) groups is 3. The number of carboxylic acid groups (broad SMARTS) is 1. The number of hydrogen-bond acceptors (Lipinski definition) is 7. The van der Waals surface area contributed by atoms with E-state index in [-0.39, 0.29) is 13.0 Å². The van der Waals surface area contributed by atoms with Gasteiger partial charge in [0, 0.05) is 34.5 Å². The molecule has 1 aromatic heterocycles. The molecule has 1 fully saturated rings. The number of methoxy groups -OCH3 is 1. The van der Waals surface area contributed by atoms with E-state index in [0.29, 0.717) is 35.9 Å². The number of fused-ring (bicyclic) bond motifs is 5. The molecule has 0 spiro atoms. The lowest BCUT2D eigenvalue weighted by molar-refractivity contribution is -0.157. The van der Waals surface area contributed by atoms with Crippen molar-refractivity contribution in [3.63, 3.8) is 0 Å². The molecule has 264 valence electrons. The van der Waals surface area contributed by atoms with Gasteiger partial charge in [-0.2, -0.15) is 0 Å². The van der Waals surface area contributed by atoms with E-state index in [1.165, 1.54) is 31.7 Å². The predicted molar refractivity (Wildman–Crippen MR) is 190 cm³/mol. The lowest BCUT2D eigenvalue weighted by Crippen LogP contribution is -2.53. The molecule has 10 nitrogen and oxygen atoms in total. The number of nitrogens with zero attached hydrogens (tertiary/aromatic N) is 1. The molecule has 1 saturated carbocycles. The van der Waals surface area contributed by atoms with E-state index in [1.54, 1.807) is 58.2 Å². The van der Waals surface area contributed by atoms with Gasteiger partial charge < -0.3 is 33.9 Å². The van der Waals surface area contributed by atoms with Gasteiger partial charge in [-0.05, 0) is 94.0 Å². The largest absolute Gasteiger partial charge is 0.497 e. The molecule has 1 aliphatic carbocycles. The van der Waals surface area contributed by atoms with Gasteiger partial charge in [-0.1, -0.05) is 37.5 Å². The van der Waals surface area contributed by atoms with Crippen LogP contribution in [0.15, 0.2) is 60.7 Å². The molecule has 0 saturated heterocycles. The summed E-state index contributed by atoms with van der Waals surface area (Å²) in [5, 5.41) is 14.2. The van der Waals surface area contributed by atoms with Crippen LogP contribution in [0, 0.1) is 0 Å². The highest BCUT2D eigenvalue weighted by Crippen LogP contribution is 2.47. The molecule has 1 aliphatic heterocycles. The Hall–Kier alpha value is -4.99. The molecule has 4 aromatic rings. The smallest absolute Gasteiger partial charge is 0.344 e. The number of aliphatic carboxylic acids is 1. The van der Waals surface area contributed by atoms with Crippen molar-refractivity contribution in [2.24, 2.45) is 0 Å². The van der Waals surface area contributed by atoms with Gasteiger partial charge in [-0.15, -0.1) is 0 Å². The van der Waals surface area contributed by atoms with Crippen molar-refractivity contribution in [3.8, 4) is 28.5 Å². The van der Waals surface area contributed by atoms with Crippen molar-refractivity contribution < 1.29 is 38.4 Å². The summed E-state index contributed by atoms with van der Waals surface area (Å²) in [6, 6.07) is 18.4. The summed E-state index contributed by atoms with van der Waals surface area (Å²) < 4.78 is 24.8. The minimum Gasteiger partial charge on any atom is -0.497 e. The van der Waals surface area contributed by atoms with Crippen LogP contribution in [0.3, 0.4) is 0 Å². The van der Waals surface area contributed by atoms with E-state index in [0.717, 1.165) is 46.5 Å². The average Bonchev–Trinajstić information content (AvgIpc) is 3.28. The first kappa shape index (κ1) is 34.9. The lowest BCUT2D eigenvalue weighted by atomic mass is 9.81. The van der Waals surface area contributed by atoms with Gasteiger partial charge in [-0.3, -0.25) is 4.79 Å². The van der Waals surface area contributed by atoms with E-state index < -0.39 is 29.0 Å². The number of amides is 1. The van der Waals surface area contributed by atoms with Crippen molar-refractivity contribution >= 4 is 28.7 Å². The molecule has 0 unspecified atom stereocenters. The number of nitrogens with one attached hydrogen (secondary N) is 1. The Morgan fingerprint density at radius 2 is 1.66 bits per heavy atom. The molecule has 10 heteroatoms. The van der Waals surface area contributed by atoms with Crippen LogP contribution in [0.25, 0.3) is 22.2 Å². The van der Waals surface area contributed by atoms with Gasteiger partial charge in [0.15, 0.2) is 6.61 Å². The molecule has 2 N–H and O–H groups in total. The van der Waals surface area contributed by atoms with E-state index in [9.17, 15) is 19.5 Å². The Bertz CT molecular complexity index is 1900. The molecule has 0 radical (unpaired) electrons. The summed E-state index contributed by atoms with van der Waals surface area (Å²) in [6.45, 7) is 7.67. The molecule has 0 bridgehead atoms. The summed E-state index contributed by atoms with van der Waals surface area (Å²) in [7, 11) is 1.65. The fourth-order valence-electron chi connectivity index (χ4n) is 7.16. The topological polar surface area (TPSA) is 125 Å². The summed E-state index contributed by atoms with van der Waals surface area (Å²) in [4.78, 5) is 38.5. The number of carbonyl (C=O) groups excluding carboxylic acids is 2. The zero-order valence-corrected chi connectivity index (χ0v) is 29.5. The maximum Gasteiger partial charge on any atom is 0.344 e. The normalized spacial score (nSPS) is 15.9. The van der Waals surface area contributed by atoms with Crippen molar-refractivity contribution in [2.45, 2.75) is 89.8 Å². The van der Waals surface area contributed by atoms with Crippen LogP contribution in [-0.4, -0.2) is 59.0 Å². The third-order valence-corrected chi connectivity index (χ3v) is 9.51. The SMILES string of the molecule is COc1ccc2c(c1)OCCn1c-2c(C2CCCCC2)c2ccc(C(=O)N[C@@](C)(Cc3ccc(OCC(=O)OC(C)(C)C)cc3)C(=O)O)cc21. The van der Waals surface area contributed by atoms with E-state index >= 15 is 0 Å². The van der Waals surface area contributed by atoms with Crippen molar-refractivity contribution in [1.29, 1.82) is 0 Å². The quantitative estimate of drug-likeness (QED) is 0.167. The zero-order valence-electron chi connectivity index (χ0n) is 29.5. The van der Waals surface area contributed by atoms with Crippen LogP contribution >= 0.6 is 0 Å². The molecular formula is C40H46N2O8. The third kappa shape index (κ3) is 7.44. The molecule has 1 atom stereocenters. The van der Waals surface area contributed by atoms with Gasteiger partial charge >= 0.3 is 11.9 Å². The average molecular weight is 683 g/mol. The Morgan fingerprint density at radius 3 is 2.34 bits per heavy atom. The summed E-state index contributed by atoms with van der Waals surface area (Å²) in [5.74, 6) is 0.230. The molecule has 2 aliphatic rings. The minimum atomic E-state index is -1.60. The maximum absolute atomic E-state index is 13.8. The van der Waals surface area contributed by atoms with E-state index in [4.69, 9.17) is 18.9 Å². The van der Waals surface area contributed by atoms with Crippen LogP contribution in [0.5, 0.6) is 17.2 Å². The van der Waals surface area contributed by atoms with Gasteiger partial charge in [0.1, 0.15) is 35.0 Å². The monoisotopic (exact) mass is 682 g/mol. The third-order valence-electron chi connectivity index (χ3n) is 9.51. The van der Waals surface area contributed by atoms with Gasteiger partial charge in [0.05, 0.1) is 19.3 Å². The molecule has 50 heavy (non-hydrogen) atoms. The second-order valence-corrected chi connectivity index (χ2v) is 14.5. The van der Waals surface area contributed by atoms with E-state index in [2.05, 4.69) is 16.0 Å². The molecule has 1 amide bonds. The highest BCUT2D eigenvalue weighted by Gasteiger charge is 2.36. The molecule has 6 rings (SSSR count). The first-order valence-electron chi connectivity index (χ1n) is 17.3. The molecule has 2 heterocycles. The predicted octanol–water partition coefficient (Wildman–Crippen LogP) is 7.29. The van der Waals surface area contributed by atoms with Crippen LogP contribution < -0.4 is 19.5 Å². The second-order valence-electron chi connectivity index (χ2n) is 14.5. The lowest BCUT2D eigenvalue weighted by Gasteiger charge is -2.26. The number of hydrogen-bond donors (Lipinski definition) is 2. The first-order valence-corrected chi connectivity index (χ1v) is 17.3.